The molecule has 0 aromatic carbocycles. The molecule has 0 amide bonds. The molecule has 1 heterocycles. The Labute approximate surface area is 114 Å². The highest BCUT2D eigenvalue weighted by molar-refractivity contribution is 5.90. The van der Waals surface area contributed by atoms with Crippen LogP contribution < -0.4 is 5.32 Å². The zero-order valence-electron chi connectivity index (χ0n) is 12.6. The number of aryl methyl sites for hydroxylation is 1. The Kier molecular flexibility index (Phi) is 4.86. The third-order valence-corrected chi connectivity index (χ3v) is 3.12. The second-order valence-electron chi connectivity index (χ2n) is 5.65. The first-order valence-electron chi connectivity index (χ1n) is 6.53. The number of hydrogen-bond acceptors (Lipinski definition) is 5. The molecule has 106 valence electrons. The standard InChI is InChI=1S/C14H23N3O2/c1-7-19-12(18)11-8-15-13(16-9(11)2)17-10(3)14(4,5)6/h8,10H,7H2,1-6H3,(H,15,16,17). The molecule has 0 fully saturated rings. The second kappa shape index (κ2) is 5.99. The summed E-state index contributed by atoms with van der Waals surface area (Å²) >= 11 is 0. The smallest absolute Gasteiger partial charge is 0.341 e. The Balaban J connectivity index is 2.85. The summed E-state index contributed by atoms with van der Waals surface area (Å²) in [6, 6.07) is 0.223. The average molecular weight is 265 g/mol. The van der Waals surface area contributed by atoms with Gasteiger partial charge in [-0.1, -0.05) is 20.8 Å². The topological polar surface area (TPSA) is 64.1 Å². The Morgan fingerprint density at radius 1 is 1.47 bits per heavy atom. The van der Waals surface area contributed by atoms with Gasteiger partial charge in [-0.15, -0.1) is 0 Å². The predicted molar refractivity (Wildman–Crippen MR) is 75.3 cm³/mol. The van der Waals surface area contributed by atoms with Crippen molar-refractivity contribution in [1.29, 1.82) is 0 Å². The summed E-state index contributed by atoms with van der Waals surface area (Å²) in [7, 11) is 0. The van der Waals surface area contributed by atoms with Crippen LogP contribution in [0.4, 0.5) is 5.95 Å². The molecule has 0 aliphatic carbocycles. The van der Waals surface area contributed by atoms with Gasteiger partial charge in [0.2, 0.25) is 5.95 Å². The van der Waals surface area contributed by atoms with Gasteiger partial charge < -0.3 is 10.1 Å². The summed E-state index contributed by atoms with van der Waals surface area (Å²) in [5.74, 6) is 0.156. The summed E-state index contributed by atoms with van der Waals surface area (Å²) < 4.78 is 4.94. The molecule has 5 heteroatoms. The van der Waals surface area contributed by atoms with Crippen LogP contribution in [0.5, 0.6) is 0 Å². The fourth-order valence-corrected chi connectivity index (χ4v) is 1.36. The monoisotopic (exact) mass is 265 g/mol. The molecule has 0 saturated heterocycles. The van der Waals surface area contributed by atoms with E-state index >= 15 is 0 Å². The van der Waals surface area contributed by atoms with Crippen molar-refractivity contribution in [3.05, 3.63) is 17.5 Å². The van der Waals surface area contributed by atoms with Crippen molar-refractivity contribution < 1.29 is 9.53 Å². The van der Waals surface area contributed by atoms with Crippen LogP contribution in [0.2, 0.25) is 0 Å². The first-order valence-corrected chi connectivity index (χ1v) is 6.53. The van der Waals surface area contributed by atoms with Crippen molar-refractivity contribution in [2.75, 3.05) is 11.9 Å². The normalized spacial score (nSPS) is 12.9. The molecule has 0 aliphatic rings. The van der Waals surface area contributed by atoms with E-state index in [1.54, 1.807) is 13.8 Å². The number of anilines is 1. The fraction of sp³-hybridized carbons (Fsp3) is 0.643. The zero-order valence-corrected chi connectivity index (χ0v) is 12.6. The van der Waals surface area contributed by atoms with E-state index in [4.69, 9.17) is 4.74 Å². The number of nitrogens with zero attached hydrogens (tertiary/aromatic N) is 2. The number of ether oxygens (including phenoxy) is 1. The van der Waals surface area contributed by atoms with Gasteiger partial charge in [0, 0.05) is 12.2 Å². The molecule has 0 bridgehead atoms. The molecule has 19 heavy (non-hydrogen) atoms. The highest BCUT2D eigenvalue weighted by atomic mass is 16.5. The quantitative estimate of drug-likeness (QED) is 0.848. The van der Waals surface area contributed by atoms with Crippen LogP contribution in [0, 0.1) is 12.3 Å². The van der Waals surface area contributed by atoms with Gasteiger partial charge in [-0.05, 0) is 26.2 Å². The number of aromatic nitrogens is 2. The van der Waals surface area contributed by atoms with Crippen LogP contribution in [-0.2, 0) is 4.74 Å². The molecular weight excluding hydrogens is 242 g/mol. The minimum atomic E-state index is -0.379. The summed E-state index contributed by atoms with van der Waals surface area (Å²) in [5.41, 5.74) is 1.14. The molecule has 0 saturated carbocycles. The van der Waals surface area contributed by atoms with E-state index in [2.05, 4.69) is 43.0 Å². The van der Waals surface area contributed by atoms with Gasteiger partial charge in [-0.3, -0.25) is 0 Å². The van der Waals surface area contributed by atoms with E-state index in [0.717, 1.165) is 0 Å². The first kappa shape index (κ1) is 15.4. The van der Waals surface area contributed by atoms with E-state index in [1.165, 1.54) is 6.20 Å². The van der Waals surface area contributed by atoms with Gasteiger partial charge in [0.1, 0.15) is 0 Å². The van der Waals surface area contributed by atoms with Gasteiger partial charge >= 0.3 is 5.97 Å². The maximum atomic E-state index is 11.6. The van der Waals surface area contributed by atoms with E-state index in [0.29, 0.717) is 23.8 Å². The highest BCUT2D eigenvalue weighted by Gasteiger charge is 2.21. The molecule has 1 unspecified atom stereocenters. The van der Waals surface area contributed by atoms with Gasteiger partial charge in [-0.2, -0.15) is 0 Å². The number of nitrogens with one attached hydrogen (secondary N) is 1. The maximum Gasteiger partial charge on any atom is 0.341 e. The lowest BCUT2D eigenvalue weighted by molar-refractivity contribution is 0.0524. The van der Waals surface area contributed by atoms with Crippen molar-refractivity contribution in [3.8, 4) is 0 Å². The summed E-state index contributed by atoms with van der Waals surface area (Å²) in [5, 5.41) is 3.25. The van der Waals surface area contributed by atoms with Crippen LogP contribution in [0.15, 0.2) is 6.20 Å². The Morgan fingerprint density at radius 2 is 2.11 bits per heavy atom. The van der Waals surface area contributed by atoms with Crippen LogP contribution in [0.25, 0.3) is 0 Å². The second-order valence-corrected chi connectivity index (χ2v) is 5.65. The van der Waals surface area contributed by atoms with Crippen molar-refractivity contribution in [3.63, 3.8) is 0 Å². The van der Waals surface area contributed by atoms with Crippen LogP contribution >= 0.6 is 0 Å². The largest absolute Gasteiger partial charge is 0.462 e. The van der Waals surface area contributed by atoms with Gasteiger partial charge in [0.25, 0.3) is 0 Å². The molecule has 1 atom stereocenters. The van der Waals surface area contributed by atoms with E-state index in [-0.39, 0.29) is 17.4 Å². The molecule has 0 radical (unpaired) electrons. The molecule has 0 spiro atoms. The van der Waals surface area contributed by atoms with Crippen LogP contribution in [-0.4, -0.2) is 28.6 Å². The Bertz CT molecular complexity index is 452. The van der Waals surface area contributed by atoms with Gasteiger partial charge in [0.15, 0.2) is 0 Å². The molecule has 1 aromatic heterocycles. The summed E-state index contributed by atoms with van der Waals surface area (Å²) in [6.45, 7) is 12.4. The predicted octanol–water partition coefficient (Wildman–Crippen LogP) is 2.81. The first-order chi connectivity index (χ1) is 8.75. The molecule has 1 N–H and O–H groups in total. The average Bonchev–Trinajstić information content (AvgIpc) is 2.27. The fourth-order valence-electron chi connectivity index (χ4n) is 1.36. The summed E-state index contributed by atoms with van der Waals surface area (Å²) in [6.07, 6.45) is 1.51. The van der Waals surface area contributed by atoms with Gasteiger partial charge in [-0.25, -0.2) is 14.8 Å². The SMILES string of the molecule is CCOC(=O)c1cnc(NC(C)C(C)(C)C)nc1C. The number of esters is 1. The number of carbonyl (C=O) groups is 1. The van der Waals surface area contributed by atoms with E-state index in [1.807, 2.05) is 0 Å². The third-order valence-electron chi connectivity index (χ3n) is 3.12. The lowest BCUT2D eigenvalue weighted by Gasteiger charge is -2.28. The Hall–Kier alpha value is -1.65. The molecule has 0 aliphatic heterocycles. The van der Waals surface area contributed by atoms with Crippen LogP contribution in [0.1, 0.15) is 50.7 Å². The number of carbonyl (C=O) groups excluding carboxylic acids is 1. The minimum absolute atomic E-state index is 0.108. The lowest BCUT2D eigenvalue weighted by atomic mass is 9.88. The van der Waals surface area contributed by atoms with Crippen molar-refractivity contribution in [2.45, 2.75) is 47.6 Å². The minimum Gasteiger partial charge on any atom is -0.462 e. The number of hydrogen-bond donors (Lipinski definition) is 1. The van der Waals surface area contributed by atoms with Gasteiger partial charge in [0.05, 0.1) is 17.9 Å². The molecule has 1 aromatic rings. The van der Waals surface area contributed by atoms with E-state index in [9.17, 15) is 4.79 Å². The Morgan fingerprint density at radius 3 is 2.58 bits per heavy atom. The van der Waals surface area contributed by atoms with Crippen molar-refractivity contribution >= 4 is 11.9 Å². The lowest BCUT2D eigenvalue weighted by Crippen LogP contribution is -2.31. The van der Waals surface area contributed by atoms with E-state index < -0.39 is 0 Å². The third kappa shape index (κ3) is 4.19. The summed E-state index contributed by atoms with van der Waals surface area (Å²) in [4.78, 5) is 20.1. The maximum absolute atomic E-state index is 11.6. The molecular formula is C14H23N3O2. The van der Waals surface area contributed by atoms with Crippen molar-refractivity contribution in [1.82, 2.24) is 9.97 Å². The molecule has 5 nitrogen and oxygen atoms in total. The zero-order chi connectivity index (χ0) is 14.6. The molecule has 1 rings (SSSR count). The van der Waals surface area contributed by atoms with Crippen LogP contribution in [0.3, 0.4) is 0 Å². The van der Waals surface area contributed by atoms with Crippen molar-refractivity contribution in [2.24, 2.45) is 5.41 Å². The highest BCUT2D eigenvalue weighted by Crippen LogP contribution is 2.21. The number of rotatable bonds is 4.